The summed E-state index contributed by atoms with van der Waals surface area (Å²) in [7, 11) is 0. The van der Waals surface area contributed by atoms with E-state index in [0.717, 1.165) is 35.3 Å². The van der Waals surface area contributed by atoms with E-state index in [0.29, 0.717) is 18.7 Å². The number of hydrogen-bond acceptors (Lipinski definition) is 4. The lowest BCUT2D eigenvalue weighted by Gasteiger charge is -2.19. The SMILES string of the molecule is Cc1cc(C)cc(-n2nc(C)cc2NC(=O)CCN2C(=O)NC3(CCCC3)C2=O)c1. The first-order chi connectivity index (χ1) is 14.3. The number of aryl methyl sites for hydroxylation is 3. The molecule has 0 bridgehead atoms. The van der Waals surface area contributed by atoms with Gasteiger partial charge in [0.05, 0.1) is 11.4 Å². The van der Waals surface area contributed by atoms with Gasteiger partial charge in [0.1, 0.15) is 11.4 Å². The third-order valence-corrected chi connectivity index (χ3v) is 5.82. The molecule has 2 N–H and O–H groups in total. The second kappa shape index (κ2) is 7.59. The van der Waals surface area contributed by atoms with E-state index in [2.05, 4.69) is 21.8 Å². The first-order valence-electron chi connectivity index (χ1n) is 10.4. The average molecular weight is 409 g/mol. The number of aromatic nitrogens is 2. The van der Waals surface area contributed by atoms with E-state index in [1.165, 1.54) is 4.90 Å². The molecule has 1 saturated heterocycles. The summed E-state index contributed by atoms with van der Waals surface area (Å²) in [6.45, 7) is 5.96. The molecule has 0 radical (unpaired) electrons. The number of rotatable bonds is 5. The summed E-state index contributed by atoms with van der Waals surface area (Å²) in [5.41, 5.74) is 3.12. The molecule has 8 nitrogen and oxygen atoms in total. The first kappa shape index (κ1) is 20.1. The minimum absolute atomic E-state index is 0.0340. The van der Waals surface area contributed by atoms with Crippen molar-refractivity contribution in [2.45, 2.75) is 58.4 Å². The molecule has 1 aliphatic heterocycles. The highest BCUT2D eigenvalue weighted by atomic mass is 16.2. The zero-order valence-corrected chi connectivity index (χ0v) is 17.6. The molecule has 2 aromatic rings. The molecular formula is C22H27N5O3. The van der Waals surface area contributed by atoms with Gasteiger partial charge in [0.15, 0.2) is 0 Å². The van der Waals surface area contributed by atoms with Crippen molar-refractivity contribution in [3.05, 3.63) is 41.1 Å². The van der Waals surface area contributed by atoms with Crippen LogP contribution in [0.1, 0.15) is 48.9 Å². The van der Waals surface area contributed by atoms with Crippen LogP contribution in [0.15, 0.2) is 24.3 Å². The Labute approximate surface area is 175 Å². The molecule has 1 saturated carbocycles. The fourth-order valence-electron chi connectivity index (χ4n) is 4.47. The molecule has 158 valence electrons. The van der Waals surface area contributed by atoms with Gasteiger partial charge in [-0.2, -0.15) is 5.10 Å². The van der Waals surface area contributed by atoms with Crippen LogP contribution in [0, 0.1) is 20.8 Å². The molecule has 0 unspecified atom stereocenters. The van der Waals surface area contributed by atoms with Gasteiger partial charge in [-0.1, -0.05) is 18.9 Å². The van der Waals surface area contributed by atoms with Gasteiger partial charge in [-0.3, -0.25) is 14.5 Å². The fourth-order valence-corrected chi connectivity index (χ4v) is 4.47. The maximum absolute atomic E-state index is 12.7. The lowest BCUT2D eigenvalue weighted by molar-refractivity contribution is -0.131. The van der Waals surface area contributed by atoms with Crippen molar-refractivity contribution in [1.82, 2.24) is 20.0 Å². The maximum atomic E-state index is 12.7. The molecule has 8 heteroatoms. The largest absolute Gasteiger partial charge is 0.325 e. The summed E-state index contributed by atoms with van der Waals surface area (Å²) in [4.78, 5) is 38.8. The molecule has 1 aromatic heterocycles. The quantitative estimate of drug-likeness (QED) is 0.742. The monoisotopic (exact) mass is 409 g/mol. The number of imide groups is 1. The fraction of sp³-hybridized carbons (Fsp3) is 0.455. The maximum Gasteiger partial charge on any atom is 0.325 e. The van der Waals surface area contributed by atoms with E-state index in [4.69, 9.17) is 0 Å². The highest BCUT2D eigenvalue weighted by Crippen LogP contribution is 2.35. The van der Waals surface area contributed by atoms with Gasteiger partial charge in [0, 0.05) is 19.0 Å². The minimum Gasteiger partial charge on any atom is -0.323 e. The highest BCUT2D eigenvalue weighted by molar-refractivity contribution is 6.07. The molecule has 4 rings (SSSR count). The summed E-state index contributed by atoms with van der Waals surface area (Å²) < 4.78 is 1.70. The number of anilines is 1. The standard InChI is InChI=1S/C22H27N5O3/c1-14-10-15(2)12-17(11-14)27-18(13-16(3)25-27)23-19(28)6-9-26-20(29)22(24-21(26)30)7-4-5-8-22/h10-13H,4-9H2,1-3H3,(H,23,28)(H,24,30). The number of nitrogens with zero attached hydrogens (tertiary/aromatic N) is 3. The second-order valence-corrected chi connectivity index (χ2v) is 8.40. The van der Waals surface area contributed by atoms with Crippen LogP contribution in [0.3, 0.4) is 0 Å². The predicted octanol–water partition coefficient (Wildman–Crippen LogP) is 2.99. The van der Waals surface area contributed by atoms with Gasteiger partial charge in [-0.05, 0) is 56.9 Å². The normalized spacial score (nSPS) is 17.6. The van der Waals surface area contributed by atoms with Gasteiger partial charge in [0.25, 0.3) is 5.91 Å². The number of urea groups is 1. The van der Waals surface area contributed by atoms with Crippen molar-refractivity contribution >= 4 is 23.7 Å². The van der Waals surface area contributed by atoms with Crippen molar-refractivity contribution in [3.63, 3.8) is 0 Å². The number of benzene rings is 1. The molecular weight excluding hydrogens is 382 g/mol. The predicted molar refractivity (Wildman–Crippen MR) is 112 cm³/mol. The summed E-state index contributed by atoms with van der Waals surface area (Å²) in [5, 5.41) is 10.2. The van der Waals surface area contributed by atoms with Gasteiger partial charge < -0.3 is 10.6 Å². The van der Waals surface area contributed by atoms with Crippen LogP contribution in [-0.4, -0.2) is 44.6 Å². The first-order valence-corrected chi connectivity index (χ1v) is 10.4. The Morgan fingerprint density at radius 3 is 2.43 bits per heavy atom. The van der Waals surface area contributed by atoms with E-state index in [1.807, 2.05) is 32.9 Å². The molecule has 1 aliphatic carbocycles. The van der Waals surface area contributed by atoms with Crippen molar-refractivity contribution in [3.8, 4) is 5.69 Å². The van der Waals surface area contributed by atoms with Crippen molar-refractivity contribution in [2.75, 3.05) is 11.9 Å². The Bertz CT molecular complexity index is 1000. The molecule has 30 heavy (non-hydrogen) atoms. The lowest BCUT2D eigenvalue weighted by Crippen LogP contribution is -2.44. The van der Waals surface area contributed by atoms with E-state index in [1.54, 1.807) is 10.7 Å². The summed E-state index contributed by atoms with van der Waals surface area (Å²) in [5.74, 6) is 0.0920. The molecule has 2 heterocycles. The Morgan fingerprint density at radius 2 is 1.77 bits per heavy atom. The van der Waals surface area contributed by atoms with Crippen molar-refractivity contribution < 1.29 is 14.4 Å². The molecule has 2 fully saturated rings. The van der Waals surface area contributed by atoms with Crippen LogP contribution in [0.5, 0.6) is 0 Å². The molecule has 1 spiro atoms. The number of carbonyl (C=O) groups excluding carboxylic acids is 3. The third-order valence-electron chi connectivity index (χ3n) is 5.82. The average Bonchev–Trinajstić information content (AvgIpc) is 3.33. The summed E-state index contributed by atoms with van der Waals surface area (Å²) in [6.07, 6.45) is 3.25. The van der Waals surface area contributed by atoms with Crippen LogP contribution in [-0.2, 0) is 9.59 Å². The minimum atomic E-state index is -0.744. The smallest absolute Gasteiger partial charge is 0.323 e. The Morgan fingerprint density at radius 1 is 1.10 bits per heavy atom. The Hall–Kier alpha value is -3.16. The zero-order chi connectivity index (χ0) is 21.5. The number of hydrogen-bond donors (Lipinski definition) is 2. The molecule has 4 amide bonds. The number of amides is 4. The number of nitrogens with one attached hydrogen (secondary N) is 2. The van der Waals surface area contributed by atoms with Gasteiger partial charge in [0.2, 0.25) is 5.91 Å². The lowest BCUT2D eigenvalue weighted by atomic mass is 9.98. The molecule has 1 aromatic carbocycles. The third kappa shape index (κ3) is 3.69. The van der Waals surface area contributed by atoms with Crippen LogP contribution >= 0.6 is 0 Å². The van der Waals surface area contributed by atoms with Gasteiger partial charge in [-0.15, -0.1) is 0 Å². The van der Waals surface area contributed by atoms with Gasteiger partial charge >= 0.3 is 6.03 Å². The summed E-state index contributed by atoms with van der Waals surface area (Å²) in [6, 6.07) is 7.49. The van der Waals surface area contributed by atoms with Crippen LogP contribution in [0.4, 0.5) is 10.6 Å². The highest BCUT2D eigenvalue weighted by Gasteiger charge is 2.52. The molecule has 0 atom stereocenters. The molecule has 2 aliphatic rings. The Kier molecular flexibility index (Phi) is 5.09. The van der Waals surface area contributed by atoms with E-state index in [9.17, 15) is 14.4 Å². The Balaban J connectivity index is 1.44. The van der Waals surface area contributed by atoms with Crippen LogP contribution < -0.4 is 10.6 Å². The number of carbonyl (C=O) groups is 3. The second-order valence-electron chi connectivity index (χ2n) is 8.40. The topological polar surface area (TPSA) is 96.3 Å². The summed E-state index contributed by atoms with van der Waals surface area (Å²) >= 11 is 0. The van der Waals surface area contributed by atoms with Crippen LogP contribution in [0.25, 0.3) is 5.69 Å². The van der Waals surface area contributed by atoms with Crippen molar-refractivity contribution in [2.24, 2.45) is 0 Å². The van der Waals surface area contributed by atoms with E-state index < -0.39 is 11.6 Å². The zero-order valence-electron chi connectivity index (χ0n) is 17.6. The van der Waals surface area contributed by atoms with E-state index in [-0.39, 0.29) is 24.8 Å². The van der Waals surface area contributed by atoms with E-state index >= 15 is 0 Å². The van der Waals surface area contributed by atoms with Gasteiger partial charge in [-0.25, -0.2) is 9.48 Å². The van der Waals surface area contributed by atoms with Crippen molar-refractivity contribution in [1.29, 1.82) is 0 Å². The van der Waals surface area contributed by atoms with Crippen LogP contribution in [0.2, 0.25) is 0 Å².